The smallest absolute Gasteiger partial charge is 0.295 e. The normalized spacial score (nSPS) is 21.3. The quantitative estimate of drug-likeness (QED) is 0.402. The summed E-state index contributed by atoms with van der Waals surface area (Å²) >= 11 is 5.96. The van der Waals surface area contributed by atoms with E-state index in [1.807, 2.05) is 24.3 Å². The molecule has 7 heteroatoms. The first-order chi connectivity index (χ1) is 15.5. The Labute approximate surface area is 193 Å². The lowest BCUT2D eigenvalue weighted by atomic mass is 9.94. The van der Waals surface area contributed by atoms with Crippen molar-refractivity contribution in [1.82, 2.24) is 4.90 Å². The number of morpholine rings is 1. The maximum absolute atomic E-state index is 13.4. The Bertz CT molecular complexity index is 1010. The number of hydrogen-bond acceptors (Lipinski definition) is 4. The van der Waals surface area contributed by atoms with Gasteiger partial charge in [0.05, 0.1) is 32.3 Å². The van der Waals surface area contributed by atoms with Crippen molar-refractivity contribution >= 4 is 29.1 Å². The largest absolute Gasteiger partial charge is 0.872 e. The Hall–Kier alpha value is -2.67. The summed E-state index contributed by atoms with van der Waals surface area (Å²) in [6.45, 7) is 6.29. The van der Waals surface area contributed by atoms with Crippen LogP contribution in [0.2, 0.25) is 5.02 Å². The molecule has 2 aliphatic heterocycles. The van der Waals surface area contributed by atoms with Gasteiger partial charge in [0.1, 0.15) is 13.1 Å². The molecule has 0 aromatic heterocycles. The number of ketones is 1. The van der Waals surface area contributed by atoms with Gasteiger partial charge >= 0.3 is 0 Å². The SMILES string of the molecule is CCc1ccc(C2/C(=C(\[O-])c3ccc(Cl)cc3)C(=O)C(=O)N2CC[NH+]2CCOCC2)cc1. The summed E-state index contributed by atoms with van der Waals surface area (Å²) in [4.78, 5) is 29.0. The number of carbonyl (C=O) groups excluding carboxylic acids is 2. The molecule has 0 radical (unpaired) electrons. The highest BCUT2D eigenvalue weighted by atomic mass is 35.5. The summed E-state index contributed by atoms with van der Waals surface area (Å²) in [6.07, 6.45) is 0.882. The standard InChI is InChI=1S/C25H27ClN2O4/c1-2-17-3-5-18(6-4-17)22-21(23(29)19-7-9-20(26)10-8-19)24(30)25(31)28(22)12-11-27-13-15-32-16-14-27/h3-10,22,29H,2,11-16H2,1H3/b23-21+. The Kier molecular flexibility index (Phi) is 6.94. The van der Waals surface area contributed by atoms with Gasteiger partial charge in [-0.15, -0.1) is 0 Å². The highest BCUT2D eigenvalue weighted by Crippen LogP contribution is 2.38. The fraction of sp³-hybridized carbons (Fsp3) is 0.360. The van der Waals surface area contributed by atoms with E-state index in [4.69, 9.17) is 16.3 Å². The maximum atomic E-state index is 13.4. The second-order valence-corrected chi connectivity index (χ2v) is 8.62. The molecule has 0 aliphatic carbocycles. The number of benzene rings is 2. The third-order valence-corrected chi connectivity index (χ3v) is 6.50. The Morgan fingerprint density at radius 1 is 1.09 bits per heavy atom. The molecule has 4 rings (SSSR count). The second kappa shape index (κ2) is 9.86. The lowest BCUT2D eigenvalue weighted by Gasteiger charge is -2.30. The zero-order valence-corrected chi connectivity index (χ0v) is 18.9. The number of likely N-dealkylation sites (tertiary alicyclic amines) is 1. The van der Waals surface area contributed by atoms with Crippen LogP contribution in [-0.4, -0.2) is 56.0 Å². The highest BCUT2D eigenvalue weighted by molar-refractivity contribution is 6.46. The number of halogens is 1. The Balaban J connectivity index is 1.72. The number of nitrogens with zero attached hydrogens (tertiary/aromatic N) is 1. The fourth-order valence-electron chi connectivity index (χ4n) is 4.33. The van der Waals surface area contributed by atoms with Crippen LogP contribution in [0.4, 0.5) is 0 Å². The van der Waals surface area contributed by atoms with Gasteiger partial charge in [0, 0.05) is 10.6 Å². The molecule has 0 spiro atoms. The lowest BCUT2D eigenvalue weighted by Crippen LogP contribution is -3.14. The molecular weight excluding hydrogens is 428 g/mol. The molecule has 1 unspecified atom stereocenters. The minimum atomic E-state index is -0.716. The van der Waals surface area contributed by atoms with Crippen molar-refractivity contribution in [1.29, 1.82) is 0 Å². The van der Waals surface area contributed by atoms with E-state index < -0.39 is 23.5 Å². The molecule has 2 fully saturated rings. The molecule has 2 aromatic carbocycles. The van der Waals surface area contributed by atoms with Crippen molar-refractivity contribution in [2.75, 3.05) is 39.4 Å². The van der Waals surface area contributed by atoms with Crippen molar-refractivity contribution in [3.05, 3.63) is 75.8 Å². The van der Waals surface area contributed by atoms with Gasteiger partial charge in [-0.3, -0.25) is 9.59 Å². The summed E-state index contributed by atoms with van der Waals surface area (Å²) in [7, 11) is 0. The maximum Gasteiger partial charge on any atom is 0.295 e. The summed E-state index contributed by atoms with van der Waals surface area (Å²) in [5.74, 6) is -1.75. The summed E-state index contributed by atoms with van der Waals surface area (Å²) in [6, 6.07) is 13.5. The van der Waals surface area contributed by atoms with E-state index in [1.54, 1.807) is 29.2 Å². The number of hydrogen-bond donors (Lipinski definition) is 1. The summed E-state index contributed by atoms with van der Waals surface area (Å²) in [5, 5.41) is 13.9. The number of nitrogens with one attached hydrogen (secondary N) is 1. The predicted octanol–water partition coefficient (Wildman–Crippen LogP) is 1.04. The molecule has 1 atom stereocenters. The molecule has 6 nitrogen and oxygen atoms in total. The van der Waals surface area contributed by atoms with Crippen molar-refractivity contribution in [3.8, 4) is 0 Å². The van der Waals surface area contributed by atoms with E-state index in [-0.39, 0.29) is 5.57 Å². The summed E-state index contributed by atoms with van der Waals surface area (Å²) in [5.41, 5.74) is 2.29. The first-order valence-electron chi connectivity index (χ1n) is 11.0. The van der Waals surface area contributed by atoms with Crippen molar-refractivity contribution in [3.63, 3.8) is 0 Å². The zero-order chi connectivity index (χ0) is 22.7. The number of carbonyl (C=O) groups is 2. The average Bonchev–Trinajstić information content (AvgIpc) is 3.08. The average molecular weight is 455 g/mol. The highest BCUT2D eigenvalue weighted by Gasteiger charge is 2.44. The monoisotopic (exact) mass is 454 g/mol. The summed E-state index contributed by atoms with van der Waals surface area (Å²) < 4.78 is 5.41. The molecule has 2 aromatic rings. The first-order valence-corrected chi connectivity index (χ1v) is 11.4. The van der Waals surface area contributed by atoms with Gasteiger partial charge in [-0.05, 0) is 35.2 Å². The number of rotatable bonds is 6. The number of amides is 1. The van der Waals surface area contributed by atoms with Crippen LogP contribution in [0.15, 0.2) is 54.1 Å². The first kappa shape index (κ1) is 22.5. The Morgan fingerprint density at radius 3 is 2.38 bits per heavy atom. The van der Waals surface area contributed by atoms with Crippen molar-refractivity contribution in [2.24, 2.45) is 0 Å². The molecule has 2 aliphatic rings. The predicted molar refractivity (Wildman–Crippen MR) is 120 cm³/mol. The molecule has 168 valence electrons. The molecule has 2 heterocycles. The van der Waals surface area contributed by atoms with Gasteiger partial charge < -0.3 is 19.6 Å². The van der Waals surface area contributed by atoms with Crippen LogP contribution < -0.4 is 10.0 Å². The van der Waals surface area contributed by atoms with E-state index >= 15 is 0 Å². The topological polar surface area (TPSA) is 74.1 Å². The third kappa shape index (κ3) is 4.58. The number of quaternary nitrogens is 1. The van der Waals surface area contributed by atoms with Gasteiger partial charge in [-0.1, -0.05) is 60.7 Å². The van der Waals surface area contributed by atoms with Gasteiger partial charge in [0.25, 0.3) is 5.91 Å². The van der Waals surface area contributed by atoms with Crippen LogP contribution in [0.25, 0.3) is 5.76 Å². The lowest BCUT2D eigenvalue weighted by molar-refractivity contribution is -0.907. The van der Waals surface area contributed by atoms with Gasteiger partial charge in [0.2, 0.25) is 5.78 Å². The minimum Gasteiger partial charge on any atom is -0.872 e. The van der Waals surface area contributed by atoms with E-state index in [0.717, 1.165) is 30.6 Å². The zero-order valence-electron chi connectivity index (χ0n) is 18.1. The van der Waals surface area contributed by atoms with Crippen molar-refractivity contribution in [2.45, 2.75) is 19.4 Å². The van der Waals surface area contributed by atoms with Crippen LogP contribution in [0.3, 0.4) is 0 Å². The van der Waals surface area contributed by atoms with Crippen LogP contribution >= 0.6 is 11.6 Å². The van der Waals surface area contributed by atoms with Gasteiger partial charge in [-0.2, -0.15) is 0 Å². The fourth-order valence-corrected chi connectivity index (χ4v) is 4.45. The molecule has 0 saturated carbocycles. The van der Waals surface area contributed by atoms with Crippen LogP contribution in [0.5, 0.6) is 0 Å². The van der Waals surface area contributed by atoms with Gasteiger partial charge in [-0.25, -0.2) is 0 Å². The van der Waals surface area contributed by atoms with Gasteiger partial charge in [0.15, 0.2) is 0 Å². The molecule has 1 N–H and O–H groups in total. The van der Waals surface area contributed by atoms with Crippen LogP contribution in [-0.2, 0) is 20.7 Å². The third-order valence-electron chi connectivity index (χ3n) is 6.25. The number of Topliss-reactive ketones (excluding diaryl/α,β-unsaturated/α-hetero) is 1. The molecule has 2 saturated heterocycles. The number of aryl methyl sites for hydroxylation is 1. The minimum absolute atomic E-state index is 0.0125. The molecule has 32 heavy (non-hydrogen) atoms. The van der Waals surface area contributed by atoms with E-state index in [0.29, 0.717) is 36.9 Å². The van der Waals surface area contributed by atoms with Crippen molar-refractivity contribution < 1.29 is 24.3 Å². The molecule has 1 amide bonds. The van der Waals surface area contributed by atoms with Crippen LogP contribution in [0.1, 0.15) is 29.7 Å². The Morgan fingerprint density at radius 2 is 1.75 bits per heavy atom. The van der Waals surface area contributed by atoms with E-state index in [1.165, 1.54) is 4.90 Å². The van der Waals surface area contributed by atoms with E-state index in [9.17, 15) is 14.7 Å². The van der Waals surface area contributed by atoms with Crippen LogP contribution in [0, 0.1) is 0 Å². The second-order valence-electron chi connectivity index (χ2n) is 8.19. The molecule has 0 bridgehead atoms. The number of ether oxygens (including phenoxy) is 1. The molecular formula is C25H27ClN2O4. The van der Waals surface area contributed by atoms with E-state index in [2.05, 4.69) is 6.92 Å².